The molecule has 1 aromatic heterocycles. The Morgan fingerprint density at radius 1 is 1.27 bits per heavy atom. The van der Waals surface area contributed by atoms with Crippen LogP contribution < -0.4 is 10.7 Å². The number of alkyl halides is 3. The number of carbonyl (C=O) groups excluding carboxylic acids is 1. The van der Waals surface area contributed by atoms with Gasteiger partial charge in [-0.25, -0.2) is 0 Å². The summed E-state index contributed by atoms with van der Waals surface area (Å²) in [6.07, 6.45) is -3.42. The van der Waals surface area contributed by atoms with Gasteiger partial charge in [0, 0.05) is 12.5 Å². The molecule has 0 saturated heterocycles. The predicted octanol–water partition coefficient (Wildman–Crippen LogP) is 2.31. The summed E-state index contributed by atoms with van der Waals surface area (Å²) in [5.74, 6) is -1.44. The van der Waals surface area contributed by atoms with Crippen LogP contribution in [0.3, 0.4) is 0 Å². The smallest absolute Gasteiger partial charge is 0.416 e. The number of carbonyl (C=O) groups is 1. The Bertz CT molecular complexity index is 889. The van der Waals surface area contributed by atoms with Gasteiger partial charge in [-0.2, -0.15) is 18.3 Å². The Kier molecular flexibility index (Phi) is 5.11. The van der Waals surface area contributed by atoms with Gasteiger partial charge in [0.25, 0.3) is 11.3 Å². The molecule has 0 aliphatic heterocycles. The number of nitrogens with one attached hydrogen (secondary N) is 1. The molecule has 9 heteroatoms. The predicted molar refractivity (Wildman–Crippen MR) is 88.0 cm³/mol. The molecular weight excluding hydrogens is 351 g/mol. The zero-order valence-electron chi connectivity index (χ0n) is 14.4. The monoisotopic (exact) mass is 369 g/mol. The maximum Gasteiger partial charge on any atom is 0.416 e. The first-order valence-corrected chi connectivity index (χ1v) is 7.66. The van der Waals surface area contributed by atoms with Gasteiger partial charge >= 0.3 is 6.18 Å². The van der Waals surface area contributed by atoms with E-state index >= 15 is 0 Å². The van der Waals surface area contributed by atoms with E-state index in [-0.39, 0.29) is 6.54 Å². The van der Waals surface area contributed by atoms with Crippen molar-refractivity contribution in [3.05, 3.63) is 57.5 Å². The number of hydrogen-bond acceptors (Lipinski definition) is 4. The van der Waals surface area contributed by atoms with Crippen molar-refractivity contribution in [1.82, 2.24) is 15.1 Å². The fourth-order valence-electron chi connectivity index (χ4n) is 2.48. The van der Waals surface area contributed by atoms with E-state index in [9.17, 15) is 27.9 Å². The Labute approximate surface area is 147 Å². The summed E-state index contributed by atoms with van der Waals surface area (Å²) < 4.78 is 40.0. The summed E-state index contributed by atoms with van der Waals surface area (Å²) in [6.45, 7) is 3.42. The van der Waals surface area contributed by atoms with Crippen LogP contribution in [-0.2, 0) is 18.1 Å². The van der Waals surface area contributed by atoms with Crippen molar-refractivity contribution in [3.8, 4) is 5.75 Å². The molecule has 2 aromatic rings. The third-order valence-electron chi connectivity index (χ3n) is 3.92. The quantitative estimate of drug-likeness (QED) is 0.866. The molecule has 2 N–H and O–H groups in total. The van der Waals surface area contributed by atoms with Gasteiger partial charge < -0.3 is 10.4 Å². The first-order chi connectivity index (χ1) is 12.0. The summed E-state index contributed by atoms with van der Waals surface area (Å²) in [4.78, 5) is 23.5. The van der Waals surface area contributed by atoms with Crippen molar-refractivity contribution >= 4 is 5.91 Å². The summed E-state index contributed by atoms with van der Waals surface area (Å²) >= 11 is 0. The molecule has 0 aliphatic rings. The molecule has 0 atom stereocenters. The fraction of sp³-hybridized carbons (Fsp3) is 0.353. The third kappa shape index (κ3) is 4.04. The van der Waals surface area contributed by atoms with Crippen molar-refractivity contribution in [2.45, 2.75) is 32.0 Å². The summed E-state index contributed by atoms with van der Waals surface area (Å²) in [7, 11) is 1.31. The van der Waals surface area contributed by atoms with E-state index in [0.717, 1.165) is 18.3 Å². The van der Waals surface area contributed by atoms with Gasteiger partial charge in [-0.3, -0.25) is 14.3 Å². The highest BCUT2D eigenvalue weighted by atomic mass is 19.4. The lowest BCUT2D eigenvalue weighted by Gasteiger charge is -2.27. The Balaban J connectivity index is 2.43. The second kappa shape index (κ2) is 6.81. The molecule has 0 aliphatic carbocycles. The largest absolute Gasteiger partial charge is 0.503 e. The maximum atomic E-state index is 12.9. The van der Waals surface area contributed by atoms with Crippen LogP contribution in [0.5, 0.6) is 5.75 Å². The van der Waals surface area contributed by atoms with E-state index in [1.807, 2.05) is 0 Å². The second-order valence-electron chi connectivity index (χ2n) is 6.43. The molecule has 0 radical (unpaired) electrons. The minimum atomic E-state index is -4.47. The molecule has 0 unspecified atom stereocenters. The molecular formula is C17H18F3N3O3. The minimum Gasteiger partial charge on any atom is -0.503 e. The maximum absolute atomic E-state index is 12.9. The topological polar surface area (TPSA) is 84.2 Å². The lowest BCUT2D eigenvalue weighted by molar-refractivity contribution is -0.137. The number of aromatic nitrogens is 2. The summed E-state index contributed by atoms with van der Waals surface area (Å²) in [6, 6.07) is 4.89. The van der Waals surface area contributed by atoms with Crippen LogP contribution in [-0.4, -0.2) is 27.8 Å². The van der Waals surface area contributed by atoms with Crippen molar-refractivity contribution < 1.29 is 23.1 Å². The third-order valence-corrected chi connectivity index (χ3v) is 3.92. The van der Waals surface area contributed by atoms with Crippen molar-refractivity contribution in [2.24, 2.45) is 0 Å². The van der Waals surface area contributed by atoms with Gasteiger partial charge in [0.2, 0.25) is 0 Å². The normalized spacial score (nSPS) is 12.1. The van der Waals surface area contributed by atoms with Crippen LogP contribution in [0.25, 0.3) is 0 Å². The molecule has 0 spiro atoms. The average Bonchev–Trinajstić information content (AvgIpc) is 2.56. The molecule has 140 valence electrons. The lowest BCUT2D eigenvalue weighted by Crippen LogP contribution is -2.32. The van der Waals surface area contributed by atoms with Crippen LogP contribution >= 0.6 is 0 Å². The first-order valence-electron chi connectivity index (χ1n) is 7.66. The fourth-order valence-corrected chi connectivity index (χ4v) is 2.48. The zero-order valence-corrected chi connectivity index (χ0v) is 14.4. The number of amides is 1. The number of benzene rings is 1. The van der Waals surface area contributed by atoms with Crippen LogP contribution in [0.4, 0.5) is 13.2 Å². The highest BCUT2D eigenvalue weighted by molar-refractivity contribution is 5.92. The van der Waals surface area contributed by atoms with Gasteiger partial charge in [0.15, 0.2) is 11.4 Å². The first kappa shape index (κ1) is 19.5. The van der Waals surface area contributed by atoms with Gasteiger partial charge in [0.1, 0.15) is 0 Å². The van der Waals surface area contributed by atoms with Gasteiger partial charge in [-0.15, -0.1) is 0 Å². The number of aromatic hydroxyl groups is 1. The van der Waals surface area contributed by atoms with Crippen LogP contribution in [0, 0.1) is 0 Å². The number of nitrogens with zero attached hydrogens (tertiary/aromatic N) is 2. The van der Waals surface area contributed by atoms with E-state index < -0.39 is 39.9 Å². The summed E-state index contributed by atoms with van der Waals surface area (Å²) in [5, 5.41) is 15.9. The van der Waals surface area contributed by atoms with E-state index in [1.54, 1.807) is 19.9 Å². The molecule has 1 heterocycles. The van der Waals surface area contributed by atoms with Gasteiger partial charge in [0.05, 0.1) is 18.3 Å². The Morgan fingerprint density at radius 2 is 1.88 bits per heavy atom. The van der Waals surface area contributed by atoms with E-state index in [2.05, 4.69) is 10.4 Å². The summed E-state index contributed by atoms with van der Waals surface area (Å²) in [5.41, 5.74) is -2.61. The van der Waals surface area contributed by atoms with Gasteiger partial charge in [-0.1, -0.05) is 32.0 Å². The van der Waals surface area contributed by atoms with Crippen LogP contribution in [0.15, 0.2) is 35.3 Å². The molecule has 0 fully saturated rings. The van der Waals surface area contributed by atoms with Crippen LogP contribution in [0.1, 0.15) is 35.5 Å². The molecule has 26 heavy (non-hydrogen) atoms. The molecule has 1 amide bonds. The molecule has 0 saturated carbocycles. The molecule has 1 aromatic carbocycles. The van der Waals surface area contributed by atoms with Crippen molar-refractivity contribution in [1.29, 1.82) is 0 Å². The Morgan fingerprint density at radius 3 is 2.46 bits per heavy atom. The number of hydrogen-bond donors (Lipinski definition) is 2. The van der Waals surface area contributed by atoms with Gasteiger partial charge in [-0.05, 0) is 11.6 Å². The van der Waals surface area contributed by atoms with E-state index in [1.165, 1.54) is 17.8 Å². The Hall–Kier alpha value is -2.84. The second-order valence-corrected chi connectivity index (χ2v) is 6.43. The highest BCUT2D eigenvalue weighted by Gasteiger charge is 2.32. The minimum absolute atomic E-state index is 0.0339. The average molecular weight is 369 g/mol. The van der Waals surface area contributed by atoms with Crippen LogP contribution in [0.2, 0.25) is 0 Å². The molecule has 6 nitrogen and oxygen atoms in total. The SMILES string of the molecule is CNC(=O)c1nn(CC(C)(C)c2cccc(C(F)(F)F)c2)cc(O)c1=O. The standard InChI is InChI=1S/C17H18F3N3O3/c1-16(2,10-5-4-6-11(7-10)17(18,19)20)9-23-8-12(24)14(25)13(22-23)15(26)21-3/h4-8,24H,9H2,1-3H3,(H,21,26). The highest BCUT2D eigenvalue weighted by Crippen LogP contribution is 2.33. The number of halogens is 3. The number of rotatable bonds is 4. The lowest BCUT2D eigenvalue weighted by atomic mass is 9.84. The van der Waals surface area contributed by atoms with Crippen molar-refractivity contribution in [3.63, 3.8) is 0 Å². The van der Waals surface area contributed by atoms with E-state index in [0.29, 0.717) is 5.56 Å². The molecule has 0 bridgehead atoms. The van der Waals surface area contributed by atoms with E-state index in [4.69, 9.17) is 0 Å². The van der Waals surface area contributed by atoms with Crippen molar-refractivity contribution in [2.75, 3.05) is 7.05 Å². The zero-order chi connectivity index (χ0) is 19.7. The molecule has 2 rings (SSSR count).